The van der Waals surface area contributed by atoms with E-state index in [0.29, 0.717) is 12.8 Å². The number of carbonyl (C=O) groups excluding carboxylic acids is 1. The van der Waals surface area contributed by atoms with Crippen molar-refractivity contribution in [1.82, 2.24) is 5.32 Å². The summed E-state index contributed by atoms with van der Waals surface area (Å²) in [6.07, 6.45) is 1.53. The van der Waals surface area contributed by atoms with Gasteiger partial charge in [-0.25, -0.2) is 0 Å². The number of carbonyl (C=O) groups is 1. The van der Waals surface area contributed by atoms with E-state index in [1.807, 2.05) is 38.1 Å². The summed E-state index contributed by atoms with van der Waals surface area (Å²) in [6, 6.07) is 9.96. The normalized spacial score (nSPS) is 11.6. The van der Waals surface area contributed by atoms with Crippen molar-refractivity contribution in [3.8, 4) is 6.07 Å². The first-order chi connectivity index (χ1) is 8.15. The highest BCUT2D eigenvalue weighted by Gasteiger charge is 2.10. The van der Waals surface area contributed by atoms with Crippen LogP contribution in [-0.2, 0) is 11.2 Å². The lowest BCUT2D eigenvalue weighted by atomic mass is 10.1. The second-order valence-electron chi connectivity index (χ2n) is 4.20. The van der Waals surface area contributed by atoms with Gasteiger partial charge in [-0.3, -0.25) is 4.79 Å². The van der Waals surface area contributed by atoms with Gasteiger partial charge in [0, 0.05) is 6.04 Å². The van der Waals surface area contributed by atoms with Crippen molar-refractivity contribution in [1.29, 1.82) is 5.26 Å². The van der Waals surface area contributed by atoms with Crippen LogP contribution in [-0.4, -0.2) is 11.9 Å². The predicted octanol–water partition coefficient (Wildman–Crippen LogP) is 2.35. The molecule has 3 heteroatoms. The molecule has 0 radical (unpaired) electrons. The largest absolute Gasteiger partial charge is 0.352 e. The SMILES string of the molecule is CCC(CC#N)NC(=O)Cc1ccc(C)cc1. The van der Waals surface area contributed by atoms with Crippen LogP contribution in [0.25, 0.3) is 0 Å². The van der Waals surface area contributed by atoms with E-state index in [-0.39, 0.29) is 11.9 Å². The van der Waals surface area contributed by atoms with Crippen LogP contribution in [0.15, 0.2) is 24.3 Å². The maximum Gasteiger partial charge on any atom is 0.224 e. The summed E-state index contributed by atoms with van der Waals surface area (Å²) in [5.41, 5.74) is 2.19. The molecule has 17 heavy (non-hydrogen) atoms. The Morgan fingerprint density at radius 1 is 1.41 bits per heavy atom. The smallest absolute Gasteiger partial charge is 0.224 e. The van der Waals surface area contributed by atoms with E-state index < -0.39 is 0 Å². The highest BCUT2D eigenvalue weighted by molar-refractivity contribution is 5.78. The molecule has 1 aromatic rings. The van der Waals surface area contributed by atoms with Gasteiger partial charge >= 0.3 is 0 Å². The van der Waals surface area contributed by atoms with Crippen molar-refractivity contribution in [2.24, 2.45) is 0 Å². The fraction of sp³-hybridized carbons (Fsp3) is 0.429. The third-order valence-corrected chi connectivity index (χ3v) is 2.68. The van der Waals surface area contributed by atoms with E-state index in [4.69, 9.17) is 5.26 Å². The first-order valence-corrected chi connectivity index (χ1v) is 5.87. The first-order valence-electron chi connectivity index (χ1n) is 5.87. The number of nitrogens with zero attached hydrogens (tertiary/aromatic N) is 1. The molecule has 0 aliphatic carbocycles. The van der Waals surface area contributed by atoms with Gasteiger partial charge < -0.3 is 5.32 Å². The molecule has 90 valence electrons. The average Bonchev–Trinajstić information content (AvgIpc) is 2.31. The molecule has 0 saturated heterocycles. The molecule has 0 aliphatic rings. The van der Waals surface area contributed by atoms with E-state index in [1.165, 1.54) is 5.56 Å². The van der Waals surface area contributed by atoms with E-state index in [0.717, 1.165) is 12.0 Å². The lowest BCUT2D eigenvalue weighted by molar-refractivity contribution is -0.121. The number of aryl methyl sites for hydroxylation is 1. The van der Waals surface area contributed by atoms with Gasteiger partial charge in [0.1, 0.15) is 0 Å². The van der Waals surface area contributed by atoms with Crippen LogP contribution < -0.4 is 5.32 Å². The Balaban J connectivity index is 2.49. The Kier molecular flexibility index (Phi) is 5.22. The van der Waals surface area contributed by atoms with Crippen molar-refractivity contribution < 1.29 is 4.79 Å². The summed E-state index contributed by atoms with van der Waals surface area (Å²) in [5, 5.41) is 11.5. The number of rotatable bonds is 5. The summed E-state index contributed by atoms with van der Waals surface area (Å²) in [6.45, 7) is 3.98. The van der Waals surface area contributed by atoms with Crippen LogP contribution in [0.1, 0.15) is 30.9 Å². The molecular formula is C14H18N2O. The fourth-order valence-electron chi connectivity index (χ4n) is 1.58. The summed E-state index contributed by atoms with van der Waals surface area (Å²) >= 11 is 0. The maximum atomic E-state index is 11.7. The average molecular weight is 230 g/mol. The van der Waals surface area contributed by atoms with E-state index in [9.17, 15) is 4.79 Å². The van der Waals surface area contributed by atoms with Crippen LogP contribution >= 0.6 is 0 Å². The zero-order chi connectivity index (χ0) is 12.7. The second kappa shape index (κ2) is 6.70. The summed E-state index contributed by atoms with van der Waals surface area (Å²) in [5.74, 6) is -0.0176. The van der Waals surface area contributed by atoms with E-state index in [2.05, 4.69) is 11.4 Å². The van der Waals surface area contributed by atoms with Gasteiger partial charge in [-0.1, -0.05) is 36.8 Å². The Bertz CT molecular complexity index is 403. The minimum absolute atomic E-state index is 0.0176. The number of benzene rings is 1. The number of nitrogens with one attached hydrogen (secondary N) is 1. The molecule has 1 N–H and O–H groups in total. The quantitative estimate of drug-likeness (QED) is 0.844. The minimum Gasteiger partial charge on any atom is -0.352 e. The Hall–Kier alpha value is -1.82. The molecule has 0 spiro atoms. The van der Waals surface area contributed by atoms with Crippen molar-refractivity contribution in [2.75, 3.05) is 0 Å². The maximum absolute atomic E-state index is 11.7. The molecule has 1 unspecified atom stereocenters. The molecule has 0 heterocycles. The van der Waals surface area contributed by atoms with E-state index >= 15 is 0 Å². The van der Waals surface area contributed by atoms with Crippen LogP contribution in [0.2, 0.25) is 0 Å². The molecule has 1 amide bonds. The third-order valence-electron chi connectivity index (χ3n) is 2.68. The van der Waals surface area contributed by atoms with Gasteiger partial charge in [0.05, 0.1) is 18.9 Å². The van der Waals surface area contributed by atoms with Gasteiger partial charge in [-0.15, -0.1) is 0 Å². The molecular weight excluding hydrogens is 212 g/mol. The van der Waals surface area contributed by atoms with Crippen LogP contribution in [0.5, 0.6) is 0 Å². The molecule has 0 fully saturated rings. The number of amides is 1. The molecule has 1 atom stereocenters. The number of hydrogen-bond acceptors (Lipinski definition) is 2. The predicted molar refractivity (Wildman–Crippen MR) is 67.3 cm³/mol. The number of hydrogen-bond donors (Lipinski definition) is 1. The van der Waals surface area contributed by atoms with Crippen LogP contribution in [0.3, 0.4) is 0 Å². The molecule has 0 aliphatic heterocycles. The Morgan fingerprint density at radius 3 is 2.59 bits per heavy atom. The summed E-state index contributed by atoms with van der Waals surface area (Å²) in [7, 11) is 0. The Morgan fingerprint density at radius 2 is 2.06 bits per heavy atom. The fourth-order valence-corrected chi connectivity index (χ4v) is 1.58. The zero-order valence-corrected chi connectivity index (χ0v) is 10.4. The van der Waals surface area contributed by atoms with Crippen molar-refractivity contribution in [3.05, 3.63) is 35.4 Å². The topological polar surface area (TPSA) is 52.9 Å². The zero-order valence-electron chi connectivity index (χ0n) is 10.4. The lowest BCUT2D eigenvalue weighted by Gasteiger charge is -2.13. The highest BCUT2D eigenvalue weighted by atomic mass is 16.1. The van der Waals surface area contributed by atoms with E-state index in [1.54, 1.807) is 0 Å². The minimum atomic E-state index is -0.0297. The van der Waals surface area contributed by atoms with Crippen LogP contribution in [0.4, 0.5) is 0 Å². The first kappa shape index (κ1) is 13.2. The van der Waals surface area contributed by atoms with Crippen LogP contribution in [0, 0.1) is 18.3 Å². The third kappa shape index (κ3) is 4.69. The van der Waals surface area contributed by atoms with Crippen molar-refractivity contribution >= 4 is 5.91 Å². The van der Waals surface area contributed by atoms with Crippen molar-refractivity contribution in [2.45, 2.75) is 39.2 Å². The molecule has 1 aromatic carbocycles. The Labute approximate surface area is 102 Å². The molecule has 1 rings (SSSR count). The standard InChI is InChI=1S/C14H18N2O/c1-3-13(8-9-15)16-14(17)10-12-6-4-11(2)5-7-12/h4-7,13H,3,8,10H2,1-2H3,(H,16,17). The molecule has 0 bridgehead atoms. The molecule has 3 nitrogen and oxygen atoms in total. The summed E-state index contributed by atoms with van der Waals surface area (Å²) in [4.78, 5) is 11.7. The van der Waals surface area contributed by atoms with Gasteiger partial charge in [-0.05, 0) is 18.9 Å². The van der Waals surface area contributed by atoms with Gasteiger partial charge in [0.15, 0.2) is 0 Å². The lowest BCUT2D eigenvalue weighted by Crippen LogP contribution is -2.35. The second-order valence-corrected chi connectivity index (χ2v) is 4.20. The van der Waals surface area contributed by atoms with Gasteiger partial charge in [0.25, 0.3) is 0 Å². The number of nitriles is 1. The van der Waals surface area contributed by atoms with Crippen molar-refractivity contribution in [3.63, 3.8) is 0 Å². The summed E-state index contributed by atoms with van der Waals surface area (Å²) < 4.78 is 0. The molecule has 0 aromatic heterocycles. The highest BCUT2D eigenvalue weighted by Crippen LogP contribution is 2.04. The van der Waals surface area contributed by atoms with Gasteiger partial charge in [-0.2, -0.15) is 5.26 Å². The molecule has 0 saturated carbocycles. The van der Waals surface area contributed by atoms with Gasteiger partial charge in [0.2, 0.25) is 5.91 Å². The monoisotopic (exact) mass is 230 g/mol.